The van der Waals surface area contributed by atoms with Crippen LogP contribution in [0.25, 0.3) is 0 Å². The van der Waals surface area contributed by atoms with Gasteiger partial charge >= 0.3 is 0 Å². The number of likely N-dealkylation sites (tertiary alicyclic amines) is 1. The lowest BCUT2D eigenvalue weighted by Gasteiger charge is -2.31. The van der Waals surface area contributed by atoms with Gasteiger partial charge in [-0.25, -0.2) is 0 Å². The summed E-state index contributed by atoms with van der Waals surface area (Å²) in [5, 5.41) is 2.94. The second-order valence-corrected chi connectivity index (χ2v) is 5.44. The topological polar surface area (TPSA) is 91.2 Å². The second-order valence-electron chi connectivity index (χ2n) is 4.92. The van der Waals surface area contributed by atoms with Crippen LogP contribution < -0.4 is 16.6 Å². The molecular formula is C13H18N4O2S. The van der Waals surface area contributed by atoms with E-state index in [4.69, 9.17) is 18.0 Å². The zero-order valence-electron chi connectivity index (χ0n) is 11.1. The van der Waals surface area contributed by atoms with E-state index in [0.29, 0.717) is 17.2 Å². The average Bonchev–Trinajstić information content (AvgIpc) is 2.40. The fourth-order valence-corrected chi connectivity index (χ4v) is 2.48. The Kier molecular flexibility index (Phi) is 4.86. The molecule has 0 aromatic carbocycles. The van der Waals surface area contributed by atoms with Crippen LogP contribution >= 0.6 is 12.2 Å². The molecule has 1 aromatic rings. The highest BCUT2D eigenvalue weighted by molar-refractivity contribution is 7.80. The minimum atomic E-state index is -0.274. The summed E-state index contributed by atoms with van der Waals surface area (Å²) in [6, 6.07) is 4.66. The zero-order valence-corrected chi connectivity index (χ0v) is 11.9. The van der Waals surface area contributed by atoms with Crippen molar-refractivity contribution in [2.45, 2.75) is 18.9 Å². The van der Waals surface area contributed by atoms with Gasteiger partial charge in [0.1, 0.15) is 5.69 Å². The van der Waals surface area contributed by atoms with E-state index in [1.165, 1.54) is 6.07 Å². The maximum absolute atomic E-state index is 12.0. The number of piperidine rings is 1. The molecule has 1 aliphatic heterocycles. The van der Waals surface area contributed by atoms with Crippen molar-refractivity contribution in [3.05, 3.63) is 34.2 Å². The molecule has 4 N–H and O–H groups in total. The first-order valence-corrected chi connectivity index (χ1v) is 6.96. The molecule has 7 heteroatoms. The smallest absolute Gasteiger partial charge is 0.268 e. The molecule has 20 heavy (non-hydrogen) atoms. The van der Waals surface area contributed by atoms with Gasteiger partial charge < -0.3 is 16.0 Å². The fourth-order valence-electron chi connectivity index (χ4n) is 2.30. The van der Waals surface area contributed by atoms with Gasteiger partial charge in [0.15, 0.2) is 0 Å². The first kappa shape index (κ1) is 14.7. The Morgan fingerprint density at radius 3 is 2.75 bits per heavy atom. The van der Waals surface area contributed by atoms with E-state index in [-0.39, 0.29) is 17.5 Å². The van der Waals surface area contributed by atoms with Crippen LogP contribution in [-0.2, 0) is 0 Å². The van der Waals surface area contributed by atoms with Crippen LogP contribution in [0.2, 0.25) is 0 Å². The van der Waals surface area contributed by atoms with Crippen molar-refractivity contribution < 1.29 is 4.79 Å². The average molecular weight is 294 g/mol. The summed E-state index contributed by atoms with van der Waals surface area (Å²) < 4.78 is 0. The Hall–Kier alpha value is -1.73. The van der Waals surface area contributed by atoms with Crippen molar-refractivity contribution in [2.75, 3.05) is 19.6 Å². The van der Waals surface area contributed by atoms with Gasteiger partial charge in [-0.15, -0.1) is 0 Å². The number of carbonyl (C=O) groups excluding carboxylic acids is 1. The quantitative estimate of drug-likeness (QED) is 0.672. The van der Waals surface area contributed by atoms with Gasteiger partial charge in [0.2, 0.25) is 5.56 Å². The lowest BCUT2D eigenvalue weighted by atomic mass is 10.0. The van der Waals surface area contributed by atoms with E-state index in [2.05, 4.69) is 15.2 Å². The molecular weight excluding hydrogens is 276 g/mol. The molecule has 2 rings (SSSR count). The van der Waals surface area contributed by atoms with Gasteiger partial charge in [-0.3, -0.25) is 14.5 Å². The van der Waals surface area contributed by atoms with Crippen LogP contribution in [-0.4, -0.2) is 46.5 Å². The number of nitrogens with one attached hydrogen (secondary N) is 2. The summed E-state index contributed by atoms with van der Waals surface area (Å²) in [5.74, 6) is -0.240. The third kappa shape index (κ3) is 4.14. The number of aromatic nitrogens is 1. The summed E-state index contributed by atoms with van der Waals surface area (Å²) in [7, 11) is 0. The third-order valence-corrected chi connectivity index (χ3v) is 3.44. The van der Waals surface area contributed by atoms with Crippen molar-refractivity contribution >= 4 is 23.1 Å². The van der Waals surface area contributed by atoms with Crippen LogP contribution in [0.5, 0.6) is 0 Å². The Morgan fingerprint density at radius 2 is 2.15 bits per heavy atom. The standard InChI is InChI=1S/C13H18N4O2S/c14-11(20)8-17-6-4-9(5-7-17)15-13(19)10-2-1-3-12(18)16-10/h1-3,9H,4-8H2,(H2,14,20)(H,15,19)(H,16,18). The van der Waals surface area contributed by atoms with E-state index in [1.54, 1.807) is 12.1 Å². The van der Waals surface area contributed by atoms with E-state index in [1.807, 2.05) is 0 Å². The number of nitrogens with zero attached hydrogens (tertiary/aromatic N) is 1. The largest absolute Gasteiger partial charge is 0.392 e. The van der Waals surface area contributed by atoms with Crippen molar-refractivity contribution in [1.82, 2.24) is 15.2 Å². The number of rotatable bonds is 4. The normalized spacial score (nSPS) is 16.8. The number of carbonyl (C=O) groups is 1. The van der Waals surface area contributed by atoms with Gasteiger partial charge in [0.05, 0.1) is 4.99 Å². The Balaban J connectivity index is 1.85. The SMILES string of the molecule is NC(=S)CN1CCC(NC(=O)c2cccc(=O)[nH]2)CC1. The summed E-state index contributed by atoms with van der Waals surface area (Å²) >= 11 is 4.88. The summed E-state index contributed by atoms with van der Waals surface area (Å²) in [4.78, 5) is 28.3. The van der Waals surface area contributed by atoms with E-state index >= 15 is 0 Å². The van der Waals surface area contributed by atoms with E-state index in [0.717, 1.165) is 25.9 Å². The number of nitrogens with two attached hydrogens (primary N) is 1. The number of thiocarbonyl (C=S) groups is 1. The molecule has 0 saturated carbocycles. The minimum Gasteiger partial charge on any atom is -0.392 e. The highest BCUT2D eigenvalue weighted by Gasteiger charge is 2.21. The lowest BCUT2D eigenvalue weighted by molar-refractivity contribution is 0.0909. The Morgan fingerprint density at radius 1 is 1.45 bits per heavy atom. The second kappa shape index (κ2) is 6.62. The number of hydrogen-bond donors (Lipinski definition) is 3. The molecule has 1 saturated heterocycles. The summed E-state index contributed by atoms with van der Waals surface area (Å²) in [6.45, 7) is 2.34. The molecule has 6 nitrogen and oxygen atoms in total. The Labute approximate surface area is 122 Å². The van der Waals surface area contributed by atoms with Gasteiger partial charge in [-0.05, 0) is 18.9 Å². The van der Waals surface area contributed by atoms with Gasteiger partial charge in [-0.1, -0.05) is 18.3 Å². The van der Waals surface area contributed by atoms with Crippen molar-refractivity contribution in [2.24, 2.45) is 5.73 Å². The lowest BCUT2D eigenvalue weighted by Crippen LogP contribution is -2.46. The molecule has 2 heterocycles. The van der Waals surface area contributed by atoms with E-state index in [9.17, 15) is 9.59 Å². The van der Waals surface area contributed by atoms with E-state index < -0.39 is 0 Å². The van der Waals surface area contributed by atoms with Gasteiger partial charge in [0, 0.05) is 31.7 Å². The molecule has 0 unspecified atom stereocenters. The van der Waals surface area contributed by atoms with Gasteiger partial charge in [-0.2, -0.15) is 0 Å². The molecule has 108 valence electrons. The number of amides is 1. The van der Waals surface area contributed by atoms with Gasteiger partial charge in [0.25, 0.3) is 5.91 Å². The molecule has 1 fully saturated rings. The number of aromatic amines is 1. The maximum atomic E-state index is 12.0. The molecule has 1 aliphatic rings. The summed E-state index contributed by atoms with van der Waals surface area (Å²) in [5.41, 5.74) is 5.54. The number of hydrogen-bond acceptors (Lipinski definition) is 4. The molecule has 0 spiro atoms. The Bertz CT molecular complexity index is 549. The van der Waals surface area contributed by atoms with Crippen LogP contribution in [0.15, 0.2) is 23.0 Å². The zero-order chi connectivity index (χ0) is 14.5. The number of pyridine rings is 1. The predicted octanol–water partition coefficient (Wildman–Crippen LogP) is -0.145. The van der Waals surface area contributed by atoms with Crippen molar-refractivity contribution in [3.8, 4) is 0 Å². The fraction of sp³-hybridized carbons (Fsp3) is 0.462. The van der Waals surface area contributed by atoms with Crippen LogP contribution in [0, 0.1) is 0 Å². The molecule has 0 atom stereocenters. The first-order valence-electron chi connectivity index (χ1n) is 6.55. The predicted molar refractivity (Wildman–Crippen MR) is 80.8 cm³/mol. The molecule has 0 radical (unpaired) electrons. The third-order valence-electron chi connectivity index (χ3n) is 3.32. The minimum absolute atomic E-state index is 0.119. The maximum Gasteiger partial charge on any atom is 0.268 e. The molecule has 1 aromatic heterocycles. The highest BCUT2D eigenvalue weighted by Crippen LogP contribution is 2.10. The van der Waals surface area contributed by atoms with Crippen molar-refractivity contribution in [3.63, 3.8) is 0 Å². The van der Waals surface area contributed by atoms with Crippen LogP contribution in [0.4, 0.5) is 0 Å². The summed E-state index contributed by atoms with van der Waals surface area (Å²) in [6.07, 6.45) is 1.71. The highest BCUT2D eigenvalue weighted by atomic mass is 32.1. The molecule has 0 aliphatic carbocycles. The first-order chi connectivity index (χ1) is 9.54. The van der Waals surface area contributed by atoms with Crippen LogP contribution in [0.1, 0.15) is 23.3 Å². The monoisotopic (exact) mass is 294 g/mol. The molecule has 1 amide bonds. The van der Waals surface area contributed by atoms with Crippen LogP contribution in [0.3, 0.4) is 0 Å². The number of H-pyrrole nitrogens is 1. The molecule has 0 bridgehead atoms. The van der Waals surface area contributed by atoms with Crippen molar-refractivity contribution in [1.29, 1.82) is 0 Å².